The molecule has 2 heteroatoms. The zero-order valence-corrected chi connectivity index (χ0v) is 12.4. The molecule has 0 aromatic heterocycles. The lowest BCUT2D eigenvalue weighted by Crippen LogP contribution is -2.09. The maximum atomic E-state index is 4.30. The second-order valence-corrected chi connectivity index (χ2v) is 4.65. The summed E-state index contributed by atoms with van der Waals surface area (Å²) < 4.78 is 0. The molecule has 0 aliphatic rings. The van der Waals surface area contributed by atoms with Gasteiger partial charge in [-0.25, -0.2) is 0 Å². The maximum Gasteiger partial charge on any atom is 0.0471 e. The number of hydrazone groups is 1. The third-order valence-corrected chi connectivity index (χ3v) is 3.24. The highest BCUT2D eigenvalue weighted by Crippen LogP contribution is 2.15. The van der Waals surface area contributed by atoms with Crippen molar-refractivity contribution in [3.8, 4) is 0 Å². The van der Waals surface area contributed by atoms with Crippen molar-refractivity contribution in [3.63, 3.8) is 0 Å². The summed E-state index contributed by atoms with van der Waals surface area (Å²) in [5.74, 6) is 0.910. The minimum Gasteiger partial charge on any atom is -0.273 e. The average molecular weight is 250 g/mol. The minimum absolute atomic E-state index is 0.910. The van der Waals surface area contributed by atoms with E-state index in [1.165, 1.54) is 25.7 Å². The molecule has 0 unspecified atom stereocenters. The second kappa shape index (κ2) is 12.4. The van der Waals surface area contributed by atoms with Crippen LogP contribution >= 0.6 is 0 Å². The predicted octanol–water partition coefficient (Wildman–Crippen LogP) is 4.99. The van der Waals surface area contributed by atoms with Gasteiger partial charge in [-0.3, -0.25) is 5.01 Å². The van der Waals surface area contributed by atoms with Crippen LogP contribution in [0.5, 0.6) is 0 Å². The Balaban J connectivity index is 3.70. The molecule has 0 fully saturated rings. The first-order chi connectivity index (χ1) is 8.78. The molecule has 0 saturated carbocycles. The van der Waals surface area contributed by atoms with Gasteiger partial charge in [0, 0.05) is 19.0 Å². The lowest BCUT2D eigenvalue weighted by molar-refractivity contribution is 0.402. The Kier molecular flexibility index (Phi) is 11.7. The monoisotopic (exact) mass is 250 g/mol. The summed E-state index contributed by atoms with van der Waals surface area (Å²) in [6.45, 7) is 11.4. The molecular weight excluding hydrogens is 220 g/mol. The highest BCUT2D eigenvalue weighted by atomic mass is 15.4. The van der Waals surface area contributed by atoms with Gasteiger partial charge in [0.2, 0.25) is 0 Å². The third-order valence-electron chi connectivity index (χ3n) is 3.24. The largest absolute Gasteiger partial charge is 0.273 e. The molecule has 0 spiro atoms. The number of nitrogens with zero attached hydrogens (tertiary/aromatic N) is 2. The molecule has 0 amide bonds. The molecule has 0 radical (unpaired) electrons. The molecule has 0 atom stereocenters. The van der Waals surface area contributed by atoms with Crippen molar-refractivity contribution >= 4 is 6.21 Å². The van der Waals surface area contributed by atoms with Crippen molar-refractivity contribution in [1.82, 2.24) is 5.01 Å². The van der Waals surface area contributed by atoms with E-state index in [0.717, 1.165) is 25.3 Å². The van der Waals surface area contributed by atoms with Crippen molar-refractivity contribution in [1.29, 1.82) is 0 Å². The Morgan fingerprint density at radius 3 is 2.50 bits per heavy atom. The minimum atomic E-state index is 0.910. The summed E-state index contributed by atoms with van der Waals surface area (Å²) in [7, 11) is 0. The van der Waals surface area contributed by atoms with Crippen molar-refractivity contribution in [3.05, 3.63) is 24.9 Å². The van der Waals surface area contributed by atoms with Gasteiger partial charge in [-0.05, 0) is 31.3 Å². The summed E-state index contributed by atoms with van der Waals surface area (Å²) in [6, 6.07) is 0. The van der Waals surface area contributed by atoms with Crippen LogP contribution in [0.1, 0.15) is 59.3 Å². The summed E-state index contributed by atoms with van der Waals surface area (Å²) in [5.41, 5.74) is 0. The normalized spacial score (nSPS) is 11.8. The molecule has 0 rings (SSSR count). The SMILES string of the molecule is C=CN(CCC)N=CC=CCCCC(CC)CC. The van der Waals surface area contributed by atoms with E-state index in [4.69, 9.17) is 0 Å². The molecule has 104 valence electrons. The van der Waals surface area contributed by atoms with E-state index in [-0.39, 0.29) is 0 Å². The predicted molar refractivity (Wildman–Crippen MR) is 82.7 cm³/mol. The molecule has 0 bridgehead atoms. The number of hydrogen-bond acceptors (Lipinski definition) is 2. The first-order valence-corrected chi connectivity index (χ1v) is 7.36. The van der Waals surface area contributed by atoms with Crippen molar-refractivity contribution < 1.29 is 0 Å². The van der Waals surface area contributed by atoms with Gasteiger partial charge in [-0.15, -0.1) is 0 Å². The van der Waals surface area contributed by atoms with Crippen molar-refractivity contribution in [2.45, 2.75) is 59.3 Å². The molecule has 0 heterocycles. The van der Waals surface area contributed by atoms with Crippen LogP contribution in [0.2, 0.25) is 0 Å². The highest BCUT2D eigenvalue weighted by molar-refractivity contribution is 5.70. The zero-order valence-electron chi connectivity index (χ0n) is 12.4. The number of hydrogen-bond donors (Lipinski definition) is 0. The van der Waals surface area contributed by atoms with E-state index < -0.39 is 0 Å². The molecule has 0 aromatic rings. The van der Waals surface area contributed by atoms with Crippen LogP contribution in [-0.2, 0) is 0 Å². The van der Waals surface area contributed by atoms with E-state index >= 15 is 0 Å². The van der Waals surface area contributed by atoms with E-state index in [2.05, 4.69) is 38.5 Å². The summed E-state index contributed by atoms with van der Waals surface area (Å²) in [5, 5.41) is 6.17. The van der Waals surface area contributed by atoms with Crippen LogP contribution < -0.4 is 0 Å². The lowest BCUT2D eigenvalue weighted by Gasteiger charge is -2.10. The molecular formula is C16H30N2. The fourth-order valence-electron chi connectivity index (χ4n) is 1.93. The molecule has 0 aliphatic carbocycles. The molecule has 0 aromatic carbocycles. The maximum absolute atomic E-state index is 4.30. The third kappa shape index (κ3) is 9.03. The molecule has 0 aliphatic heterocycles. The van der Waals surface area contributed by atoms with Crippen molar-refractivity contribution in [2.24, 2.45) is 11.0 Å². The highest BCUT2D eigenvalue weighted by Gasteiger charge is 2.00. The van der Waals surface area contributed by atoms with Crippen LogP contribution in [-0.4, -0.2) is 17.8 Å². The van der Waals surface area contributed by atoms with Gasteiger partial charge in [0.05, 0.1) is 0 Å². The number of rotatable bonds is 11. The van der Waals surface area contributed by atoms with Gasteiger partial charge in [0.15, 0.2) is 0 Å². The summed E-state index contributed by atoms with van der Waals surface area (Å²) in [6.07, 6.45) is 15.4. The van der Waals surface area contributed by atoms with Crippen LogP contribution in [0, 0.1) is 5.92 Å². The zero-order chi connectivity index (χ0) is 13.6. The topological polar surface area (TPSA) is 15.6 Å². The summed E-state index contributed by atoms with van der Waals surface area (Å²) in [4.78, 5) is 0. The smallest absolute Gasteiger partial charge is 0.0471 e. The quantitative estimate of drug-likeness (QED) is 0.286. The Hall–Kier alpha value is -1.05. The summed E-state index contributed by atoms with van der Waals surface area (Å²) >= 11 is 0. The average Bonchev–Trinajstić information content (AvgIpc) is 2.40. The van der Waals surface area contributed by atoms with Gasteiger partial charge >= 0.3 is 0 Å². The fourth-order valence-corrected chi connectivity index (χ4v) is 1.93. The Morgan fingerprint density at radius 2 is 1.94 bits per heavy atom. The Morgan fingerprint density at radius 1 is 1.22 bits per heavy atom. The van der Waals surface area contributed by atoms with Crippen LogP contribution in [0.4, 0.5) is 0 Å². The van der Waals surface area contributed by atoms with E-state index in [1.807, 2.05) is 17.3 Å². The van der Waals surface area contributed by atoms with E-state index in [9.17, 15) is 0 Å². The number of allylic oxidation sites excluding steroid dienone is 2. The van der Waals surface area contributed by atoms with Gasteiger partial charge in [0.1, 0.15) is 0 Å². The van der Waals surface area contributed by atoms with Gasteiger partial charge in [0.25, 0.3) is 0 Å². The Labute approximate surface area is 113 Å². The molecule has 2 nitrogen and oxygen atoms in total. The van der Waals surface area contributed by atoms with Crippen molar-refractivity contribution in [2.75, 3.05) is 6.54 Å². The Bertz CT molecular complexity index is 239. The standard InChI is InChI=1S/C16H30N2/c1-5-15-18(8-4)17-14-12-10-9-11-13-16(6-2)7-3/h8,10,12,14,16H,4-7,9,11,13,15H2,1-3H3. The van der Waals surface area contributed by atoms with Crippen LogP contribution in [0.15, 0.2) is 30.0 Å². The molecule has 0 saturated heterocycles. The lowest BCUT2D eigenvalue weighted by atomic mass is 9.97. The molecule has 18 heavy (non-hydrogen) atoms. The number of unbranched alkanes of at least 4 members (excludes halogenated alkanes) is 1. The fraction of sp³-hybridized carbons (Fsp3) is 0.688. The molecule has 0 N–H and O–H groups in total. The van der Waals surface area contributed by atoms with Crippen LogP contribution in [0.3, 0.4) is 0 Å². The second-order valence-electron chi connectivity index (χ2n) is 4.65. The first-order valence-electron chi connectivity index (χ1n) is 7.36. The van der Waals surface area contributed by atoms with E-state index in [1.54, 1.807) is 6.20 Å². The van der Waals surface area contributed by atoms with Gasteiger partial charge < -0.3 is 0 Å². The van der Waals surface area contributed by atoms with Crippen LogP contribution in [0.25, 0.3) is 0 Å². The van der Waals surface area contributed by atoms with Gasteiger partial charge in [-0.1, -0.05) is 52.7 Å². The van der Waals surface area contributed by atoms with E-state index in [0.29, 0.717) is 0 Å². The van der Waals surface area contributed by atoms with Gasteiger partial charge in [-0.2, -0.15) is 5.10 Å². The first kappa shape index (κ1) is 16.9.